The maximum absolute atomic E-state index is 13.0. The smallest absolute Gasteiger partial charge is 0.223 e. The highest BCUT2D eigenvalue weighted by molar-refractivity contribution is 5.77. The molecular weight excluding hydrogens is 326 g/mol. The van der Waals surface area contributed by atoms with E-state index in [-0.39, 0.29) is 11.8 Å². The Morgan fingerprint density at radius 1 is 1.00 bits per heavy atom. The quantitative estimate of drug-likeness (QED) is 0.826. The Kier molecular flexibility index (Phi) is 5.11. The van der Waals surface area contributed by atoms with Crippen LogP contribution in [-0.2, 0) is 9.53 Å². The first kappa shape index (κ1) is 17.3. The monoisotopic (exact) mass is 353 g/mol. The third-order valence-electron chi connectivity index (χ3n) is 6.20. The summed E-state index contributed by atoms with van der Waals surface area (Å²) in [5, 5.41) is 0. The minimum Gasteiger partial charge on any atom is -0.469 e. The summed E-state index contributed by atoms with van der Waals surface area (Å²) < 4.78 is 11.2. The third-order valence-corrected chi connectivity index (χ3v) is 6.20. The molecule has 1 aromatic carbocycles. The van der Waals surface area contributed by atoms with Crippen LogP contribution in [0.15, 0.2) is 53.1 Å². The molecule has 0 saturated carbocycles. The number of carbonyl (C=O) groups is 1. The molecule has 26 heavy (non-hydrogen) atoms. The molecule has 2 fully saturated rings. The maximum atomic E-state index is 13.0. The van der Waals surface area contributed by atoms with Gasteiger partial charge < -0.3 is 14.1 Å². The van der Waals surface area contributed by atoms with Gasteiger partial charge in [-0.2, -0.15) is 0 Å². The lowest BCUT2D eigenvalue weighted by Crippen LogP contribution is -2.45. The van der Waals surface area contributed by atoms with Crippen LogP contribution in [-0.4, -0.2) is 37.1 Å². The highest BCUT2D eigenvalue weighted by Crippen LogP contribution is 2.41. The van der Waals surface area contributed by atoms with Crippen molar-refractivity contribution >= 4 is 5.91 Å². The molecule has 4 nitrogen and oxygen atoms in total. The van der Waals surface area contributed by atoms with Crippen LogP contribution in [0.2, 0.25) is 0 Å². The molecule has 2 aromatic rings. The Morgan fingerprint density at radius 3 is 2.38 bits per heavy atom. The molecule has 138 valence electrons. The fourth-order valence-electron chi connectivity index (χ4n) is 4.40. The molecule has 0 radical (unpaired) electrons. The molecule has 1 aromatic heterocycles. The zero-order valence-electron chi connectivity index (χ0n) is 15.2. The number of hydrogen-bond donors (Lipinski definition) is 0. The summed E-state index contributed by atoms with van der Waals surface area (Å²) in [6.45, 7) is 3.50. The summed E-state index contributed by atoms with van der Waals surface area (Å²) in [5.41, 5.74) is 1.54. The average Bonchev–Trinajstić information content (AvgIpc) is 3.22. The number of likely N-dealkylation sites (tertiary alicyclic amines) is 1. The van der Waals surface area contributed by atoms with Gasteiger partial charge in [0.2, 0.25) is 5.91 Å². The van der Waals surface area contributed by atoms with Crippen LogP contribution in [0.3, 0.4) is 0 Å². The summed E-state index contributed by atoms with van der Waals surface area (Å²) in [7, 11) is 0. The first-order chi connectivity index (χ1) is 12.8. The first-order valence-corrected chi connectivity index (χ1v) is 9.70. The molecule has 2 aliphatic rings. The van der Waals surface area contributed by atoms with Crippen LogP contribution in [0.1, 0.15) is 49.3 Å². The van der Waals surface area contributed by atoms with Crippen molar-refractivity contribution in [3.05, 3.63) is 60.1 Å². The SMILES string of the molecule is O=C(CC(c1ccccc1)c1ccco1)N1CCC2(CCOCC2)CC1. The third kappa shape index (κ3) is 3.70. The van der Waals surface area contributed by atoms with Crippen molar-refractivity contribution < 1.29 is 13.9 Å². The number of furan rings is 1. The fraction of sp³-hybridized carbons (Fsp3) is 0.500. The Morgan fingerprint density at radius 2 is 1.73 bits per heavy atom. The standard InChI is InChI=1S/C22H27NO3/c24-21(23-12-8-22(9-13-23)10-15-25-16-11-22)17-19(20-7-4-14-26-20)18-5-2-1-3-6-18/h1-7,14,19H,8-13,15-17H2. The highest BCUT2D eigenvalue weighted by atomic mass is 16.5. The van der Waals surface area contributed by atoms with Gasteiger partial charge in [0.1, 0.15) is 5.76 Å². The topological polar surface area (TPSA) is 42.7 Å². The van der Waals surface area contributed by atoms with E-state index in [4.69, 9.17) is 9.15 Å². The molecule has 1 atom stereocenters. The van der Waals surface area contributed by atoms with Gasteiger partial charge in [-0.3, -0.25) is 4.79 Å². The second-order valence-corrected chi connectivity index (χ2v) is 7.68. The van der Waals surface area contributed by atoms with Gasteiger partial charge in [-0.05, 0) is 48.8 Å². The summed E-state index contributed by atoms with van der Waals surface area (Å²) in [6.07, 6.45) is 6.67. The summed E-state index contributed by atoms with van der Waals surface area (Å²) in [6, 6.07) is 14.1. The van der Waals surface area contributed by atoms with Crippen LogP contribution in [0.4, 0.5) is 0 Å². The lowest BCUT2D eigenvalue weighted by molar-refractivity contribution is -0.135. The van der Waals surface area contributed by atoms with E-state index in [0.29, 0.717) is 11.8 Å². The molecule has 1 unspecified atom stereocenters. The van der Waals surface area contributed by atoms with Gasteiger partial charge in [0.25, 0.3) is 0 Å². The van der Waals surface area contributed by atoms with Gasteiger partial charge in [0.15, 0.2) is 0 Å². The van der Waals surface area contributed by atoms with Crippen molar-refractivity contribution in [2.24, 2.45) is 5.41 Å². The van der Waals surface area contributed by atoms with Gasteiger partial charge in [-0.15, -0.1) is 0 Å². The van der Waals surface area contributed by atoms with E-state index in [9.17, 15) is 4.79 Å². The number of amides is 1. The van der Waals surface area contributed by atoms with Crippen molar-refractivity contribution in [2.75, 3.05) is 26.3 Å². The van der Waals surface area contributed by atoms with Gasteiger partial charge >= 0.3 is 0 Å². The van der Waals surface area contributed by atoms with E-state index in [1.54, 1.807) is 6.26 Å². The second-order valence-electron chi connectivity index (χ2n) is 7.68. The number of ether oxygens (including phenoxy) is 1. The molecule has 1 amide bonds. The second kappa shape index (κ2) is 7.67. The van der Waals surface area contributed by atoms with Crippen LogP contribution in [0, 0.1) is 5.41 Å². The summed E-state index contributed by atoms with van der Waals surface area (Å²) in [5.74, 6) is 1.08. The Bertz CT molecular complexity index is 694. The van der Waals surface area contributed by atoms with Gasteiger partial charge in [-0.1, -0.05) is 30.3 Å². The molecule has 2 aliphatic heterocycles. The number of benzene rings is 1. The van der Waals surface area contributed by atoms with E-state index in [1.807, 2.05) is 30.3 Å². The Hall–Kier alpha value is -2.07. The van der Waals surface area contributed by atoms with Crippen LogP contribution in [0.5, 0.6) is 0 Å². The zero-order valence-corrected chi connectivity index (χ0v) is 15.2. The van der Waals surface area contributed by atoms with Crippen molar-refractivity contribution in [1.29, 1.82) is 0 Å². The Labute approximate surface area is 155 Å². The van der Waals surface area contributed by atoms with Crippen LogP contribution < -0.4 is 0 Å². The number of piperidine rings is 1. The molecule has 0 N–H and O–H groups in total. The predicted octanol–water partition coefficient (Wildman–Crippen LogP) is 4.22. The normalized spacial score (nSPS) is 20.8. The maximum Gasteiger partial charge on any atom is 0.223 e. The van der Waals surface area contributed by atoms with Crippen molar-refractivity contribution in [3.8, 4) is 0 Å². The first-order valence-electron chi connectivity index (χ1n) is 9.70. The van der Waals surface area contributed by atoms with Crippen molar-refractivity contribution in [1.82, 2.24) is 4.90 Å². The minimum atomic E-state index is -0.0160. The van der Waals surface area contributed by atoms with E-state index < -0.39 is 0 Å². The molecule has 2 saturated heterocycles. The number of hydrogen-bond acceptors (Lipinski definition) is 3. The molecule has 4 heteroatoms. The van der Waals surface area contributed by atoms with E-state index in [1.165, 1.54) is 0 Å². The number of carbonyl (C=O) groups excluding carboxylic acids is 1. The van der Waals surface area contributed by atoms with Crippen LogP contribution >= 0.6 is 0 Å². The van der Waals surface area contributed by atoms with E-state index in [0.717, 1.165) is 63.3 Å². The molecule has 0 bridgehead atoms. The van der Waals surface area contributed by atoms with Gasteiger partial charge in [-0.25, -0.2) is 0 Å². The summed E-state index contributed by atoms with van der Waals surface area (Å²) in [4.78, 5) is 15.1. The minimum absolute atomic E-state index is 0.0160. The molecule has 3 heterocycles. The molecule has 4 rings (SSSR count). The number of nitrogens with zero attached hydrogens (tertiary/aromatic N) is 1. The van der Waals surface area contributed by atoms with E-state index >= 15 is 0 Å². The van der Waals surface area contributed by atoms with Crippen molar-refractivity contribution in [3.63, 3.8) is 0 Å². The van der Waals surface area contributed by atoms with E-state index in [2.05, 4.69) is 17.0 Å². The molecule has 1 spiro atoms. The molecule has 0 aliphatic carbocycles. The fourth-order valence-corrected chi connectivity index (χ4v) is 4.40. The lowest BCUT2D eigenvalue weighted by atomic mass is 9.72. The number of rotatable bonds is 4. The molecular formula is C22H27NO3. The van der Waals surface area contributed by atoms with Gasteiger partial charge in [0.05, 0.1) is 12.2 Å². The summed E-state index contributed by atoms with van der Waals surface area (Å²) >= 11 is 0. The van der Waals surface area contributed by atoms with Crippen molar-refractivity contribution in [2.45, 2.75) is 38.0 Å². The van der Waals surface area contributed by atoms with Crippen LogP contribution in [0.25, 0.3) is 0 Å². The lowest BCUT2D eigenvalue weighted by Gasteiger charge is -2.44. The largest absolute Gasteiger partial charge is 0.469 e. The van der Waals surface area contributed by atoms with Gasteiger partial charge in [0, 0.05) is 32.7 Å². The highest BCUT2D eigenvalue weighted by Gasteiger charge is 2.37. The zero-order chi connectivity index (χ0) is 17.8. The predicted molar refractivity (Wildman–Crippen MR) is 99.9 cm³/mol. The average molecular weight is 353 g/mol. The Balaban J connectivity index is 1.43.